The predicted molar refractivity (Wildman–Crippen MR) is 111 cm³/mol. The maximum absolute atomic E-state index is 13.1. The van der Waals surface area contributed by atoms with Gasteiger partial charge >= 0.3 is 0 Å². The summed E-state index contributed by atoms with van der Waals surface area (Å²) >= 11 is 6.49. The fourth-order valence-electron chi connectivity index (χ4n) is 3.64. The molecule has 2 amide bonds. The van der Waals surface area contributed by atoms with Crippen molar-refractivity contribution >= 4 is 23.4 Å². The van der Waals surface area contributed by atoms with Gasteiger partial charge in [0.2, 0.25) is 5.91 Å². The Morgan fingerprint density at radius 1 is 1.17 bits per heavy atom. The van der Waals surface area contributed by atoms with E-state index in [0.29, 0.717) is 56.6 Å². The molecular weight excluding hydrogens is 409 g/mol. The third-order valence-electron chi connectivity index (χ3n) is 5.49. The zero-order valence-electron chi connectivity index (χ0n) is 16.9. The van der Waals surface area contributed by atoms with Crippen LogP contribution in [0.1, 0.15) is 34.5 Å². The van der Waals surface area contributed by atoms with E-state index >= 15 is 0 Å². The van der Waals surface area contributed by atoms with Crippen molar-refractivity contribution in [1.82, 2.24) is 24.9 Å². The lowest BCUT2D eigenvalue weighted by molar-refractivity contribution is -0.122. The average Bonchev–Trinajstić information content (AvgIpc) is 3.48. The summed E-state index contributed by atoms with van der Waals surface area (Å²) in [5.74, 6) is -0.398. The van der Waals surface area contributed by atoms with Crippen LogP contribution in [-0.4, -0.2) is 70.2 Å². The van der Waals surface area contributed by atoms with E-state index in [1.54, 1.807) is 28.6 Å². The molecule has 2 heterocycles. The smallest absolute Gasteiger partial charge is 0.258 e. The van der Waals surface area contributed by atoms with Gasteiger partial charge in [0.1, 0.15) is 11.0 Å². The second-order valence-electron chi connectivity index (χ2n) is 7.95. The van der Waals surface area contributed by atoms with Gasteiger partial charge in [-0.1, -0.05) is 23.7 Å². The molecule has 0 bridgehead atoms. The molecule has 1 aliphatic heterocycles. The summed E-state index contributed by atoms with van der Waals surface area (Å²) in [6.45, 7) is 4.85. The van der Waals surface area contributed by atoms with Crippen molar-refractivity contribution in [2.45, 2.75) is 32.4 Å². The summed E-state index contributed by atoms with van der Waals surface area (Å²) in [5.41, 5.74) is 1.81. The van der Waals surface area contributed by atoms with Crippen LogP contribution in [0.3, 0.4) is 0 Å². The lowest BCUT2D eigenvalue weighted by atomic mass is 10.2. The van der Waals surface area contributed by atoms with E-state index in [0.717, 1.165) is 18.4 Å². The molecule has 9 heteroatoms. The molecule has 0 unspecified atom stereocenters. The standard InChI is InChI=1S/C21H25ClFN5O2/c1-14-19(20(22)28(25-14)12-15-2-4-16(23)5-3-15)21(30)27-10-8-26(9-11-27)13-18(29)24-17-6-7-17/h2-5,17H,6-13H2,1H3,(H,24,29). The lowest BCUT2D eigenvalue weighted by Gasteiger charge is -2.34. The van der Waals surface area contributed by atoms with E-state index in [2.05, 4.69) is 15.3 Å². The molecular formula is C21H25ClFN5O2. The Kier molecular flexibility index (Phi) is 6.06. The minimum absolute atomic E-state index is 0.0539. The van der Waals surface area contributed by atoms with Gasteiger partial charge in [0.25, 0.3) is 5.91 Å². The number of piperazine rings is 1. The number of carbonyl (C=O) groups excluding carboxylic acids is 2. The number of hydrogen-bond donors (Lipinski definition) is 1. The SMILES string of the molecule is Cc1nn(Cc2ccc(F)cc2)c(Cl)c1C(=O)N1CCN(CC(=O)NC2CC2)CC1. The summed E-state index contributed by atoms with van der Waals surface area (Å²) in [7, 11) is 0. The van der Waals surface area contributed by atoms with Crippen LogP contribution in [-0.2, 0) is 11.3 Å². The fraction of sp³-hybridized carbons (Fsp3) is 0.476. The van der Waals surface area contributed by atoms with Crippen LogP contribution >= 0.6 is 11.6 Å². The monoisotopic (exact) mass is 433 g/mol. The van der Waals surface area contributed by atoms with E-state index in [-0.39, 0.29) is 22.8 Å². The maximum atomic E-state index is 13.1. The van der Waals surface area contributed by atoms with Crippen molar-refractivity contribution in [3.8, 4) is 0 Å². The van der Waals surface area contributed by atoms with E-state index in [4.69, 9.17) is 11.6 Å². The average molecular weight is 434 g/mol. The molecule has 1 aliphatic carbocycles. The molecule has 0 radical (unpaired) electrons. The first-order valence-corrected chi connectivity index (χ1v) is 10.6. The van der Waals surface area contributed by atoms with Crippen LogP contribution in [0.25, 0.3) is 0 Å². The van der Waals surface area contributed by atoms with Crippen LogP contribution in [0.2, 0.25) is 5.15 Å². The highest BCUT2D eigenvalue weighted by atomic mass is 35.5. The van der Waals surface area contributed by atoms with Gasteiger partial charge in [-0.15, -0.1) is 0 Å². The minimum atomic E-state index is -0.304. The summed E-state index contributed by atoms with van der Waals surface area (Å²) < 4.78 is 14.7. The minimum Gasteiger partial charge on any atom is -0.352 e. The number of aryl methyl sites for hydroxylation is 1. The Morgan fingerprint density at radius 3 is 2.47 bits per heavy atom. The number of amides is 2. The number of nitrogens with zero attached hydrogens (tertiary/aromatic N) is 4. The number of rotatable bonds is 6. The Bertz CT molecular complexity index is 934. The first-order valence-electron chi connectivity index (χ1n) is 10.2. The van der Waals surface area contributed by atoms with Crippen molar-refractivity contribution in [1.29, 1.82) is 0 Å². The van der Waals surface area contributed by atoms with Gasteiger partial charge < -0.3 is 10.2 Å². The van der Waals surface area contributed by atoms with Gasteiger partial charge in [0.15, 0.2) is 0 Å². The Labute approximate surface area is 179 Å². The predicted octanol–water partition coefficient (Wildman–Crippen LogP) is 2.07. The van der Waals surface area contributed by atoms with E-state index in [1.807, 2.05) is 0 Å². The van der Waals surface area contributed by atoms with Crippen molar-refractivity contribution in [2.24, 2.45) is 0 Å². The molecule has 1 aromatic heterocycles. The second kappa shape index (κ2) is 8.73. The van der Waals surface area contributed by atoms with Crippen molar-refractivity contribution < 1.29 is 14.0 Å². The van der Waals surface area contributed by atoms with E-state index in [9.17, 15) is 14.0 Å². The summed E-state index contributed by atoms with van der Waals surface area (Å²) in [5, 5.41) is 7.69. The van der Waals surface area contributed by atoms with E-state index in [1.165, 1.54) is 12.1 Å². The zero-order chi connectivity index (χ0) is 21.3. The molecule has 1 N–H and O–H groups in total. The van der Waals surface area contributed by atoms with Crippen LogP contribution < -0.4 is 5.32 Å². The number of carbonyl (C=O) groups is 2. The first-order chi connectivity index (χ1) is 14.4. The normalized spacial score (nSPS) is 17.2. The Morgan fingerprint density at radius 2 is 1.83 bits per heavy atom. The van der Waals surface area contributed by atoms with Gasteiger partial charge in [-0.3, -0.25) is 14.5 Å². The number of nitrogens with one attached hydrogen (secondary N) is 1. The topological polar surface area (TPSA) is 70.5 Å². The molecule has 2 aromatic rings. The fourth-order valence-corrected chi connectivity index (χ4v) is 3.95. The van der Waals surface area contributed by atoms with Gasteiger partial charge in [-0.2, -0.15) is 5.10 Å². The Hall–Kier alpha value is -2.45. The third-order valence-corrected chi connectivity index (χ3v) is 5.88. The van der Waals surface area contributed by atoms with Crippen LogP contribution in [0.4, 0.5) is 4.39 Å². The number of hydrogen-bond acceptors (Lipinski definition) is 4. The Balaban J connectivity index is 1.37. The summed E-state index contributed by atoms with van der Waals surface area (Å²) in [6.07, 6.45) is 2.14. The van der Waals surface area contributed by atoms with Gasteiger partial charge in [-0.25, -0.2) is 9.07 Å². The zero-order valence-corrected chi connectivity index (χ0v) is 17.7. The summed E-state index contributed by atoms with van der Waals surface area (Å²) in [6, 6.07) is 6.47. The number of benzene rings is 1. The number of aromatic nitrogens is 2. The summed E-state index contributed by atoms with van der Waals surface area (Å²) in [4.78, 5) is 28.9. The molecule has 30 heavy (non-hydrogen) atoms. The lowest BCUT2D eigenvalue weighted by Crippen LogP contribution is -2.51. The molecule has 0 atom stereocenters. The molecule has 1 aromatic carbocycles. The first kappa shape index (κ1) is 20.8. The van der Waals surface area contributed by atoms with Crippen molar-refractivity contribution in [3.63, 3.8) is 0 Å². The van der Waals surface area contributed by atoms with Crippen LogP contribution in [0.5, 0.6) is 0 Å². The van der Waals surface area contributed by atoms with Gasteiger partial charge in [0.05, 0.1) is 24.3 Å². The van der Waals surface area contributed by atoms with E-state index < -0.39 is 0 Å². The largest absolute Gasteiger partial charge is 0.352 e. The third kappa shape index (κ3) is 4.82. The number of halogens is 2. The molecule has 160 valence electrons. The second-order valence-corrected chi connectivity index (χ2v) is 8.30. The van der Waals surface area contributed by atoms with Crippen LogP contribution in [0.15, 0.2) is 24.3 Å². The molecule has 0 spiro atoms. The highest BCUT2D eigenvalue weighted by molar-refractivity contribution is 6.33. The van der Waals surface area contributed by atoms with Gasteiger partial charge in [-0.05, 0) is 37.5 Å². The molecule has 2 aliphatic rings. The molecule has 7 nitrogen and oxygen atoms in total. The highest BCUT2D eigenvalue weighted by Gasteiger charge is 2.29. The highest BCUT2D eigenvalue weighted by Crippen LogP contribution is 2.23. The molecule has 4 rings (SSSR count). The molecule has 2 fully saturated rings. The maximum Gasteiger partial charge on any atom is 0.258 e. The van der Waals surface area contributed by atoms with Crippen molar-refractivity contribution in [3.05, 3.63) is 52.1 Å². The molecule has 1 saturated carbocycles. The molecule has 1 saturated heterocycles. The van der Waals surface area contributed by atoms with Crippen LogP contribution in [0, 0.1) is 12.7 Å². The van der Waals surface area contributed by atoms with Gasteiger partial charge in [0, 0.05) is 32.2 Å². The van der Waals surface area contributed by atoms with Crippen molar-refractivity contribution in [2.75, 3.05) is 32.7 Å². The quantitative estimate of drug-likeness (QED) is 0.757.